The maximum atomic E-state index is 13.3. The fourth-order valence-corrected chi connectivity index (χ4v) is 5.91. The first-order valence-electron chi connectivity index (χ1n) is 15.8. The maximum absolute atomic E-state index is 13.3. The van der Waals surface area contributed by atoms with Crippen LogP contribution in [0, 0.1) is 32.1 Å². The molecule has 4 aromatic carbocycles. The second-order valence-electron chi connectivity index (χ2n) is 11.6. The van der Waals surface area contributed by atoms with Gasteiger partial charge in [0.1, 0.15) is 24.0 Å². The van der Waals surface area contributed by atoms with Crippen LogP contribution < -0.4 is 15.6 Å². The van der Waals surface area contributed by atoms with Crippen molar-refractivity contribution in [1.82, 2.24) is 4.57 Å². The number of nitriles is 1. The van der Waals surface area contributed by atoms with Gasteiger partial charge in [-0.2, -0.15) is 29.0 Å². The van der Waals surface area contributed by atoms with Gasteiger partial charge < -0.3 is 20.3 Å². The van der Waals surface area contributed by atoms with Gasteiger partial charge in [0.15, 0.2) is 5.69 Å². The number of benzene rings is 4. The highest BCUT2D eigenvalue weighted by Crippen LogP contribution is 2.36. The Bertz CT molecular complexity index is 2490. The summed E-state index contributed by atoms with van der Waals surface area (Å²) in [6, 6.07) is 19.0. The molecule has 5 aromatic rings. The number of ether oxygens (including phenoxy) is 1. The van der Waals surface area contributed by atoms with Gasteiger partial charge in [-0.15, -0.1) is 5.11 Å². The third-order valence-corrected chi connectivity index (χ3v) is 8.90. The molecule has 1 aromatic heterocycles. The number of anilines is 1. The molecule has 266 valence electrons. The summed E-state index contributed by atoms with van der Waals surface area (Å²) in [6.07, 6.45) is 0. The second-order valence-corrected chi connectivity index (χ2v) is 13.0. The van der Waals surface area contributed by atoms with Crippen molar-refractivity contribution >= 4 is 55.2 Å². The number of nitrogens with zero attached hydrogens (tertiary/aromatic N) is 6. The van der Waals surface area contributed by atoms with Gasteiger partial charge in [0.25, 0.3) is 21.6 Å². The van der Waals surface area contributed by atoms with E-state index in [-0.39, 0.29) is 52.8 Å². The van der Waals surface area contributed by atoms with E-state index >= 15 is 0 Å². The van der Waals surface area contributed by atoms with Gasteiger partial charge in [-0.3, -0.25) is 18.7 Å². The van der Waals surface area contributed by atoms with E-state index in [2.05, 4.69) is 25.8 Å². The number of aliphatic hydroxyl groups excluding tert-OH is 1. The van der Waals surface area contributed by atoms with Crippen molar-refractivity contribution in [3.8, 4) is 17.7 Å². The topological polar surface area (TPSA) is 228 Å². The number of carbonyl (C=O) groups excluding carboxylic acids is 1. The van der Waals surface area contributed by atoms with Gasteiger partial charge in [-0.05, 0) is 104 Å². The van der Waals surface area contributed by atoms with Crippen LogP contribution in [0.2, 0.25) is 0 Å². The number of aryl methyl sites for hydroxylation is 2. The first-order valence-corrected chi connectivity index (χ1v) is 17.2. The van der Waals surface area contributed by atoms with Crippen LogP contribution in [0.25, 0.3) is 10.8 Å². The summed E-state index contributed by atoms with van der Waals surface area (Å²) in [4.78, 5) is 25.5. The van der Waals surface area contributed by atoms with E-state index in [9.17, 15) is 38.0 Å². The number of hydrogen-bond donors (Lipinski definition) is 4. The Balaban J connectivity index is 1.36. The molecular formula is C36H33N7O8S. The number of amides is 1. The molecule has 0 saturated heterocycles. The molecule has 16 heteroatoms. The van der Waals surface area contributed by atoms with Gasteiger partial charge in [0.05, 0.1) is 34.3 Å². The standard InChI is InChI=1S/C36H33N7O8S/c1-5-43-35(46)29(19-37)22(4)33(36(43)47)42-39-25-9-6-23(7-10-25)34(45)38-31-15-21(3)30(18-32(31)51-13-12-44)41-40-26-11-8-24-16-27(52(48,49)50)14-20(2)28(24)17-26/h6-11,14-18,44,47H,5,12-13H2,1-4H3,(H,38,45)(H,48,49,50). The quantitative estimate of drug-likeness (QED) is 0.0795. The van der Waals surface area contributed by atoms with Crippen molar-refractivity contribution in [3.05, 3.63) is 105 Å². The van der Waals surface area contributed by atoms with E-state index in [0.29, 0.717) is 39.3 Å². The Labute approximate surface area is 297 Å². The first-order chi connectivity index (χ1) is 24.7. The van der Waals surface area contributed by atoms with Crippen molar-refractivity contribution in [2.45, 2.75) is 39.1 Å². The Morgan fingerprint density at radius 3 is 2.29 bits per heavy atom. The van der Waals surface area contributed by atoms with Crippen LogP contribution >= 0.6 is 0 Å². The van der Waals surface area contributed by atoms with E-state index in [0.717, 1.165) is 9.95 Å². The molecule has 15 nitrogen and oxygen atoms in total. The minimum atomic E-state index is -4.36. The number of aromatic hydroxyl groups is 1. The zero-order valence-corrected chi connectivity index (χ0v) is 29.3. The summed E-state index contributed by atoms with van der Waals surface area (Å²) < 4.78 is 39.4. The number of azo groups is 2. The minimum absolute atomic E-state index is 0.0159. The molecule has 1 amide bonds. The molecule has 0 bridgehead atoms. The van der Waals surface area contributed by atoms with Crippen LogP contribution in [0.3, 0.4) is 0 Å². The Morgan fingerprint density at radius 1 is 0.942 bits per heavy atom. The smallest absolute Gasteiger partial charge is 0.294 e. The highest BCUT2D eigenvalue weighted by molar-refractivity contribution is 7.85. The first kappa shape index (κ1) is 37.0. The Hall–Kier alpha value is -6.28. The average Bonchev–Trinajstić information content (AvgIpc) is 3.11. The molecule has 0 saturated carbocycles. The lowest BCUT2D eigenvalue weighted by Gasteiger charge is -2.14. The van der Waals surface area contributed by atoms with Crippen LogP contribution in [-0.4, -0.2) is 46.9 Å². The number of hydrogen-bond acceptors (Lipinski definition) is 12. The fourth-order valence-electron chi connectivity index (χ4n) is 5.31. The normalized spacial score (nSPS) is 11.7. The van der Waals surface area contributed by atoms with Crippen LogP contribution in [0.1, 0.15) is 39.5 Å². The molecule has 52 heavy (non-hydrogen) atoms. The molecule has 0 aliphatic heterocycles. The number of carbonyl (C=O) groups is 1. The Kier molecular flexibility index (Phi) is 10.9. The van der Waals surface area contributed by atoms with Crippen molar-refractivity contribution in [2.75, 3.05) is 18.5 Å². The lowest BCUT2D eigenvalue weighted by molar-refractivity contribution is 0.102. The van der Waals surface area contributed by atoms with Crippen LogP contribution in [0.4, 0.5) is 28.4 Å². The van der Waals surface area contributed by atoms with E-state index in [1.807, 2.05) is 6.07 Å². The number of nitrogens with one attached hydrogen (secondary N) is 1. The molecule has 0 unspecified atom stereocenters. The van der Waals surface area contributed by atoms with Crippen molar-refractivity contribution < 1.29 is 32.7 Å². The average molecular weight is 724 g/mol. The molecule has 0 atom stereocenters. The zero-order chi connectivity index (χ0) is 37.7. The predicted molar refractivity (Wildman–Crippen MR) is 192 cm³/mol. The van der Waals surface area contributed by atoms with Crippen molar-refractivity contribution in [1.29, 1.82) is 5.26 Å². The van der Waals surface area contributed by atoms with Crippen molar-refractivity contribution in [2.24, 2.45) is 20.5 Å². The molecule has 5 rings (SSSR count). The lowest BCUT2D eigenvalue weighted by atomic mass is 10.1. The highest BCUT2D eigenvalue weighted by atomic mass is 32.2. The monoisotopic (exact) mass is 723 g/mol. The highest BCUT2D eigenvalue weighted by Gasteiger charge is 2.19. The molecular weight excluding hydrogens is 691 g/mol. The molecule has 0 aliphatic carbocycles. The summed E-state index contributed by atoms with van der Waals surface area (Å²) in [5, 5.41) is 50.4. The van der Waals surface area contributed by atoms with Gasteiger partial charge in [-0.25, -0.2) is 0 Å². The summed E-state index contributed by atoms with van der Waals surface area (Å²) in [5.41, 5.74) is 2.53. The molecule has 0 radical (unpaired) electrons. The third kappa shape index (κ3) is 7.87. The molecule has 0 spiro atoms. The third-order valence-electron chi connectivity index (χ3n) is 8.06. The maximum Gasteiger partial charge on any atom is 0.294 e. The summed E-state index contributed by atoms with van der Waals surface area (Å²) in [7, 11) is -4.36. The SMILES string of the molecule is CCn1c(O)c(N=Nc2ccc(C(=O)Nc3cc(C)c(N=Nc4ccc5cc(S(=O)(=O)O)cc(C)c5c4)cc3OCCO)cc2)c(C)c(C#N)c1=O. The van der Waals surface area contributed by atoms with Gasteiger partial charge in [-0.1, -0.05) is 6.07 Å². The molecule has 4 N–H and O–H groups in total. The molecule has 0 aliphatic rings. The van der Waals surface area contributed by atoms with E-state index in [4.69, 9.17) is 4.74 Å². The number of rotatable bonds is 11. The number of pyridine rings is 1. The minimum Gasteiger partial charge on any atom is -0.493 e. The lowest BCUT2D eigenvalue weighted by Crippen LogP contribution is -2.23. The second kappa shape index (κ2) is 15.3. The number of aliphatic hydroxyl groups is 1. The fraction of sp³-hybridized carbons (Fsp3) is 0.194. The molecule has 0 fully saturated rings. The van der Waals surface area contributed by atoms with Crippen LogP contribution in [0.5, 0.6) is 11.6 Å². The number of aromatic nitrogens is 1. The Morgan fingerprint density at radius 2 is 1.63 bits per heavy atom. The zero-order valence-electron chi connectivity index (χ0n) is 28.4. The summed E-state index contributed by atoms with van der Waals surface area (Å²) in [6.45, 7) is 6.43. The van der Waals surface area contributed by atoms with Crippen LogP contribution in [0.15, 0.2) is 96.9 Å². The number of fused-ring (bicyclic) bond motifs is 1. The van der Waals surface area contributed by atoms with E-state index in [1.165, 1.54) is 43.3 Å². The van der Waals surface area contributed by atoms with Gasteiger partial charge >= 0.3 is 0 Å². The van der Waals surface area contributed by atoms with Crippen LogP contribution in [-0.2, 0) is 16.7 Å². The van der Waals surface area contributed by atoms with Crippen molar-refractivity contribution in [3.63, 3.8) is 0 Å². The van der Waals surface area contributed by atoms with Gasteiger partial charge in [0, 0.05) is 23.7 Å². The summed E-state index contributed by atoms with van der Waals surface area (Å²) in [5.74, 6) is -0.648. The van der Waals surface area contributed by atoms with Gasteiger partial charge in [0.2, 0.25) is 5.88 Å². The molecule has 1 heterocycles. The largest absolute Gasteiger partial charge is 0.493 e. The predicted octanol–water partition coefficient (Wildman–Crippen LogP) is 7.22. The van der Waals surface area contributed by atoms with E-state index < -0.39 is 27.5 Å². The van der Waals surface area contributed by atoms with E-state index in [1.54, 1.807) is 51.1 Å². The summed E-state index contributed by atoms with van der Waals surface area (Å²) >= 11 is 0.